The third-order valence-electron chi connectivity index (χ3n) is 2.47. The smallest absolute Gasteiger partial charge is 0.353 e. The lowest BCUT2D eigenvalue weighted by molar-refractivity contribution is -0.137. The molecule has 1 aliphatic carbocycles. The molecule has 8 heteroatoms. The van der Waals surface area contributed by atoms with Crippen LogP contribution in [0.3, 0.4) is 0 Å². The summed E-state index contributed by atoms with van der Waals surface area (Å²) < 4.78 is 35.3. The molecule has 1 rings (SSSR count). The summed E-state index contributed by atoms with van der Waals surface area (Å²) in [6.45, 7) is -1.09. The predicted octanol–water partition coefficient (Wildman–Crippen LogP) is 0.313. The van der Waals surface area contributed by atoms with Gasteiger partial charge >= 0.3 is 6.18 Å². The fraction of sp³-hybridized carbons (Fsp3) is 0.818. The summed E-state index contributed by atoms with van der Waals surface area (Å²) in [6.07, 6.45) is -1.43. The molecule has 0 aromatic rings. The zero-order valence-corrected chi connectivity index (χ0v) is 10.5. The quantitative estimate of drug-likeness (QED) is 0.561. The Kier molecular flexibility index (Phi) is 6.07. The molecule has 1 saturated carbocycles. The maximum absolute atomic E-state index is 11.8. The molecule has 0 aliphatic heterocycles. The number of amides is 2. The fourth-order valence-corrected chi connectivity index (χ4v) is 1.36. The Bertz CT molecular complexity index is 317. The molecule has 0 radical (unpaired) electrons. The highest BCUT2D eigenvalue weighted by atomic mass is 19.4. The molecule has 0 atom stereocenters. The van der Waals surface area contributed by atoms with Gasteiger partial charge in [-0.25, -0.2) is 0 Å². The lowest BCUT2D eigenvalue weighted by atomic mass is 10.3. The van der Waals surface area contributed by atoms with Crippen molar-refractivity contribution >= 4 is 11.8 Å². The van der Waals surface area contributed by atoms with Crippen LogP contribution in [0.4, 0.5) is 13.2 Å². The van der Waals surface area contributed by atoms with Crippen LogP contribution in [0.2, 0.25) is 0 Å². The molecular formula is C11H18F3N3O2. The van der Waals surface area contributed by atoms with E-state index < -0.39 is 18.6 Å². The standard InChI is InChI=1S/C11H18F3N3O2/c12-11(13,14)7-16-10(19)6-15-5-1-2-9(18)17-8-3-4-8/h8,15H,1-7H2,(H,16,19)(H,17,18). The van der Waals surface area contributed by atoms with Crippen molar-refractivity contribution < 1.29 is 22.8 Å². The third kappa shape index (κ3) is 9.29. The van der Waals surface area contributed by atoms with Gasteiger partial charge in [0.25, 0.3) is 0 Å². The van der Waals surface area contributed by atoms with Crippen LogP contribution in [0.25, 0.3) is 0 Å². The average Bonchev–Trinajstić information content (AvgIpc) is 3.09. The predicted molar refractivity (Wildman–Crippen MR) is 62.3 cm³/mol. The SMILES string of the molecule is O=C(CNCCCC(=O)NC1CC1)NCC(F)(F)F. The molecule has 0 spiro atoms. The zero-order valence-electron chi connectivity index (χ0n) is 10.5. The minimum absolute atomic E-state index is 0.0224. The van der Waals surface area contributed by atoms with Gasteiger partial charge in [0, 0.05) is 12.5 Å². The number of nitrogens with one attached hydrogen (secondary N) is 3. The monoisotopic (exact) mass is 281 g/mol. The van der Waals surface area contributed by atoms with Crippen molar-refractivity contribution in [2.75, 3.05) is 19.6 Å². The van der Waals surface area contributed by atoms with Gasteiger partial charge in [-0.2, -0.15) is 13.2 Å². The second kappa shape index (κ2) is 7.32. The molecule has 1 aliphatic rings. The van der Waals surface area contributed by atoms with Crippen molar-refractivity contribution in [2.24, 2.45) is 0 Å². The van der Waals surface area contributed by atoms with Gasteiger partial charge in [0.05, 0.1) is 6.54 Å². The Morgan fingerprint density at radius 3 is 2.42 bits per heavy atom. The molecule has 1 fully saturated rings. The number of hydrogen-bond donors (Lipinski definition) is 3. The maximum atomic E-state index is 11.8. The topological polar surface area (TPSA) is 70.2 Å². The zero-order chi connectivity index (χ0) is 14.3. The molecule has 19 heavy (non-hydrogen) atoms. The molecule has 0 bridgehead atoms. The van der Waals surface area contributed by atoms with Crippen LogP contribution in [-0.4, -0.2) is 43.7 Å². The van der Waals surface area contributed by atoms with Crippen molar-refractivity contribution in [1.82, 2.24) is 16.0 Å². The van der Waals surface area contributed by atoms with Crippen molar-refractivity contribution in [3.8, 4) is 0 Å². The first-order chi connectivity index (χ1) is 8.87. The van der Waals surface area contributed by atoms with Gasteiger partial charge < -0.3 is 16.0 Å². The minimum Gasteiger partial charge on any atom is -0.353 e. The van der Waals surface area contributed by atoms with Gasteiger partial charge in [-0.3, -0.25) is 9.59 Å². The first-order valence-corrected chi connectivity index (χ1v) is 6.20. The van der Waals surface area contributed by atoms with E-state index in [1.807, 2.05) is 0 Å². The summed E-state index contributed by atoms with van der Waals surface area (Å²) in [5, 5.41) is 7.26. The molecule has 2 amide bonds. The summed E-state index contributed by atoms with van der Waals surface area (Å²) >= 11 is 0. The van der Waals surface area contributed by atoms with Crippen LogP contribution in [-0.2, 0) is 9.59 Å². The number of alkyl halides is 3. The van der Waals surface area contributed by atoms with E-state index >= 15 is 0 Å². The molecule has 5 nitrogen and oxygen atoms in total. The van der Waals surface area contributed by atoms with Crippen LogP contribution < -0.4 is 16.0 Å². The van der Waals surface area contributed by atoms with E-state index in [0.717, 1.165) is 12.8 Å². The number of halogens is 3. The Morgan fingerprint density at radius 2 is 1.84 bits per heavy atom. The Balaban J connectivity index is 1.91. The van der Waals surface area contributed by atoms with E-state index in [4.69, 9.17) is 0 Å². The molecule has 0 unspecified atom stereocenters. The van der Waals surface area contributed by atoms with E-state index in [1.165, 1.54) is 0 Å². The highest BCUT2D eigenvalue weighted by Gasteiger charge is 2.27. The van der Waals surface area contributed by atoms with Crippen molar-refractivity contribution in [2.45, 2.75) is 37.9 Å². The number of carbonyl (C=O) groups is 2. The minimum atomic E-state index is -4.39. The molecule has 110 valence electrons. The first kappa shape index (κ1) is 15.7. The summed E-state index contributed by atoms with van der Waals surface area (Å²) in [7, 11) is 0. The Labute approximate surface area is 109 Å². The summed E-state index contributed by atoms with van der Waals surface area (Å²) in [6, 6.07) is 0.327. The average molecular weight is 281 g/mol. The number of rotatable bonds is 8. The molecule has 0 saturated heterocycles. The maximum Gasteiger partial charge on any atom is 0.405 e. The van der Waals surface area contributed by atoms with Crippen LogP contribution in [0.15, 0.2) is 0 Å². The van der Waals surface area contributed by atoms with E-state index in [9.17, 15) is 22.8 Å². The van der Waals surface area contributed by atoms with Crippen LogP contribution in [0.1, 0.15) is 25.7 Å². The van der Waals surface area contributed by atoms with Gasteiger partial charge in [-0.1, -0.05) is 0 Å². The van der Waals surface area contributed by atoms with E-state index in [-0.39, 0.29) is 12.5 Å². The molecule has 0 aromatic heterocycles. The Hall–Kier alpha value is -1.31. The lowest BCUT2D eigenvalue weighted by Crippen LogP contribution is -2.39. The van der Waals surface area contributed by atoms with Crippen LogP contribution >= 0.6 is 0 Å². The van der Waals surface area contributed by atoms with Crippen LogP contribution in [0.5, 0.6) is 0 Å². The second-order valence-corrected chi connectivity index (χ2v) is 4.51. The number of hydrogen-bond acceptors (Lipinski definition) is 3. The Morgan fingerprint density at radius 1 is 1.16 bits per heavy atom. The van der Waals surface area contributed by atoms with E-state index in [2.05, 4.69) is 10.6 Å². The fourth-order valence-electron chi connectivity index (χ4n) is 1.36. The summed E-state index contributed by atoms with van der Waals surface area (Å²) in [5.41, 5.74) is 0. The lowest BCUT2D eigenvalue weighted by Gasteiger charge is -2.09. The summed E-state index contributed by atoms with van der Waals surface area (Å²) in [4.78, 5) is 22.2. The van der Waals surface area contributed by atoms with Crippen molar-refractivity contribution in [1.29, 1.82) is 0 Å². The third-order valence-corrected chi connectivity index (χ3v) is 2.47. The van der Waals surface area contributed by atoms with Gasteiger partial charge in [-0.05, 0) is 25.8 Å². The van der Waals surface area contributed by atoms with Gasteiger partial charge in [0.1, 0.15) is 6.54 Å². The van der Waals surface area contributed by atoms with E-state index in [0.29, 0.717) is 25.4 Å². The second-order valence-electron chi connectivity index (χ2n) is 4.51. The van der Waals surface area contributed by atoms with E-state index in [1.54, 1.807) is 5.32 Å². The molecular weight excluding hydrogens is 263 g/mol. The van der Waals surface area contributed by atoms with Gasteiger partial charge in [-0.15, -0.1) is 0 Å². The normalized spacial score (nSPS) is 15.1. The highest BCUT2D eigenvalue weighted by Crippen LogP contribution is 2.18. The largest absolute Gasteiger partial charge is 0.405 e. The molecule has 0 heterocycles. The van der Waals surface area contributed by atoms with Gasteiger partial charge in [0.15, 0.2) is 0 Å². The number of carbonyl (C=O) groups excluding carboxylic acids is 2. The van der Waals surface area contributed by atoms with Crippen molar-refractivity contribution in [3.63, 3.8) is 0 Å². The first-order valence-electron chi connectivity index (χ1n) is 6.20. The highest BCUT2D eigenvalue weighted by molar-refractivity contribution is 5.78. The van der Waals surface area contributed by atoms with Gasteiger partial charge in [0.2, 0.25) is 11.8 Å². The molecule has 3 N–H and O–H groups in total. The molecule has 0 aromatic carbocycles. The summed E-state index contributed by atoms with van der Waals surface area (Å²) in [5.74, 6) is -0.731. The van der Waals surface area contributed by atoms with Crippen molar-refractivity contribution in [3.05, 3.63) is 0 Å². The van der Waals surface area contributed by atoms with Crippen LogP contribution in [0, 0.1) is 0 Å².